The Kier molecular flexibility index (Phi) is 4.30. The van der Waals surface area contributed by atoms with Gasteiger partial charge in [-0.15, -0.1) is 0 Å². The van der Waals surface area contributed by atoms with Crippen molar-refractivity contribution in [1.82, 2.24) is 14.9 Å². The number of ether oxygens (including phenoxy) is 1. The SMILES string of the molecule is O=C1c2ccccc2C(=O)N1Cc1cc(OCC2CC2C(F)(F)F)nc(C2CC2)n1. The lowest BCUT2D eigenvalue weighted by molar-refractivity contribution is -0.151. The molecule has 0 N–H and O–H groups in total. The molecule has 2 aromatic rings. The number of hydrogen-bond acceptors (Lipinski definition) is 5. The predicted octanol–water partition coefficient (Wildman–Crippen LogP) is 3.73. The molecule has 0 bridgehead atoms. The van der Waals surface area contributed by atoms with Crippen molar-refractivity contribution >= 4 is 11.8 Å². The van der Waals surface area contributed by atoms with E-state index >= 15 is 0 Å². The molecule has 2 heterocycles. The molecule has 2 aliphatic carbocycles. The summed E-state index contributed by atoms with van der Waals surface area (Å²) in [7, 11) is 0. The normalized spacial score (nSPS) is 23.0. The summed E-state index contributed by atoms with van der Waals surface area (Å²) in [6, 6.07) is 8.10. The first-order valence-corrected chi connectivity index (χ1v) is 9.84. The zero-order chi connectivity index (χ0) is 21.0. The number of benzene rings is 1. The molecule has 156 valence electrons. The van der Waals surface area contributed by atoms with Crippen LogP contribution in [0.2, 0.25) is 0 Å². The van der Waals surface area contributed by atoms with Gasteiger partial charge in [0.2, 0.25) is 5.88 Å². The van der Waals surface area contributed by atoms with Crippen LogP contribution in [-0.4, -0.2) is 39.5 Å². The maximum atomic E-state index is 12.7. The van der Waals surface area contributed by atoms with Gasteiger partial charge in [0, 0.05) is 17.9 Å². The van der Waals surface area contributed by atoms with Gasteiger partial charge in [-0.2, -0.15) is 18.2 Å². The van der Waals surface area contributed by atoms with E-state index in [1.165, 1.54) is 6.07 Å². The summed E-state index contributed by atoms with van der Waals surface area (Å²) in [5.74, 6) is -1.76. The molecule has 5 rings (SSSR count). The van der Waals surface area contributed by atoms with Gasteiger partial charge in [0.05, 0.1) is 35.9 Å². The molecular formula is C21H18F3N3O3. The van der Waals surface area contributed by atoms with E-state index in [-0.39, 0.29) is 31.4 Å². The van der Waals surface area contributed by atoms with E-state index in [0.717, 1.165) is 17.7 Å². The van der Waals surface area contributed by atoms with Crippen molar-refractivity contribution < 1.29 is 27.5 Å². The highest BCUT2D eigenvalue weighted by atomic mass is 19.4. The number of rotatable bonds is 6. The van der Waals surface area contributed by atoms with Crippen molar-refractivity contribution in [2.45, 2.75) is 37.9 Å². The quantitative estimate of drug-likeness (QED) is 0.670. The average molecular weight is 417 g/mol. The number of halogens is 3. The first-order chi connectivity index (χ1) is 14.3. The molecule has 2 unspecified atom stereocenters. The number of aromatic nitrogens is 2. The van der Waals surface area contributed by atoms with Crippen LogP contribution < -0.4 is 4.74 Å². The molecule has 1 aromatic carbocycles. The number of nitrogens with zero attached hydrogens (tertiary/aromatic N) is 3. The maximum Gasteiger partial charge on any atom is 0.392 e. The van der Waals surface area contributed by atoms with Crippen molar-refractivity contribution in [3.8, 4) is 5.88 Å². The Morgan fingerprint density at radius 1 is 1.07 bits per heavy atom. The standard InChI is InChI=1S/C21H18F3N3O3/c22-21(23,24)16-7-12(16)10-30-17-8-13(25-18(26-17)11-5-6-11)9-27-19(28)14-3-1-2-4-15(14)20(27)29/h1-4,8,11-12,16H,5-7,9-10H2. The Bertz CT molecular complexity index is 1000. The third-order valence-corrected chi connectivity index (χ3v) is 5.70. The minimum Gasteiger partial charge on any atom is -0.477 e. The highest BCUT2D eigenvalue weighted by Crippen LogP contribution is 2.50. The molecule has 2 amide bonds. The molecule has 6 nitrogen and oxygen atoms in total. The van der Waals surface area contributed by atoms with Gasteiger partial charge in [0.15, 0.2) is 0 Å². The zero-order valence-corrected chi connectivity index (χ0v) is 15.9. The summed E-state index contributed by atoms with van der Waals surface area (Å²) in [6.45, 7) is -0.114. The van der Waals surface area contributed by atoms with Crippen LogP contribution in [0.25, 0.3) is 0 Å². The van der Waals surface area contributed by atoms with Gasteiger partial charge < -0.3 is 4.74 Å². The Morgan fingerprint density at radius 2 is 1.73 bits per heavy atom. The van der Waals surface area contributed by atoms with Crippen LogP contribution in [0.1, 0.15) is 57.4 Å². The minimum atomic E-state index is -4.20. The van der Waals surface area contributed by atoms with Crippen molar-refractivity contribution in [1.29, 1.82) is 0 Å². The third kappa shape index (κ3) is 3.53. The van der Waals surface area contributed by atoms with E-state index < -0.39 is 29.8 Å². The first-order valence-electron chi connectivity index (χ1n) is 9.84. The molecule has 2 saturated carbocycles. The monoisotopic (exact) mass is 417 g/mol. The van der Waals surface area contributed by atoms with Crippen molar-refractivity contribution in [3.63, 3.8) is 0 Å². The number of alkyl halides is 3. The van der Waals surface area contributed by atoms with Crippen LogP contribution >= 0.6 is 0 Å². The van der Waals surface area contributed by atoms with E-state index in [1.54, 1.807) is 24.3 Å². The van der Waals surface area contributed by atoms with Crippen LogP contribution in [0.5, 0.6) is 5.88 Å². The molecule has 1 aliphatic heterocycles. The summed E-state index contributed by atoms with van der Waals surface area (Å²) in [5.41, 5.74) is 1.13. The summed E-state index contributed by atoms with van der Waals surface area (Å²) >= 11 is 0. The molecular weight excluding hydrogens is 399 g/mol. The van der Waals surface area contributed by atoms with Gasteiger partial charge in [-0.05, 0) is 31.4 Å². The Balaban J connectivity index is 1.33. The molecule has 30 heavy (non-hydrogen) atoms. The van der Waals surface area contributed by atoms with Gasteiger partial charge >= 0.3 is 6.18 Å². The van der Waals surface area contributed by atoms with E-state index in [4.69, 9.17) is 4.74 Å². The molecule has 2 atom stereocenters. The smallest absolute Gasteiger partial charge is 0.392 e. The van der Waals surface area contributed by atoms with Crippen LogP contribution in [-0.2, 0) is 6.54 Å². The molecule has 0 spiro atoms. The van der Waals surface area contributed by atoms with E-state index in [1.807, 2.05) is 0 Å². The predicted molar refractivity (Wildman–Crippen MR) is 97.8 cm³/mol. The average Bonchev–Trinajstić information content (AvgIpc) is 3.61. The van der Waals surface area contributed by atoms with Crippen molar-refractivity contribution in [2.75, 3.05) is 6.61 Å². The van der Waals surface area contributed by atoms with Crippen LogP contribution in [0.3, 0.4) is 0 Å². The third-order valence-electron chi connectivity index (χ3n) is 5.70. The van der Waals surface area contributed by atoms with Crippen LogP contribution in [0.4, 0.5) is 13.2 Å². The number of imide groups is 1. The fourth-order valence-corrected chi connectivity index (χ4v) is 3.74. The first kappa shape index (κ1) is 19.0. The topological polar surface area (TPSA) is 72.4 Å². The fraction of sp³-hybridized carbons (Fsp3) is 0.429. The summed E-state index contributed by atoms with van der Waals surface area (Å²) in [4.78, 5) is 35.1. The van der Waals surface area contributed by atoms with E-state index in [9.17, 15) is 22.8 Å². The van der Waals surface area contributed by atoms with Gasteiger partial charge in [0.1, 0.15) is 5.82 Å². The minimum absolute atomic E-state index is 0.0421. The highest BCUT2D eigenvalue weighted by Gasteiger charge is 2.55. The van der Waals surface area contributed by atoms with Crippen LogP contribution in [0, 0.1) is 11.8 Å². The zero-order valence-electron chi connectivity index (χ0n) is 15.9. The second-order valence-corrected chi connectivity index (χ2v) is 8.03. The number of fused-ring (bicyclic) bond motifs is 1. The highest BCUT2D eigenvalue weighted by molar-refractivity contribution is 6.21. The molecule has 3 aliphatic rings. The lowest BCUT2D eigenvalue weighted by Crippen LogP contribution is -2.29. The molecule has 1 aromatic heterocycles. The lowest BCUT2D eigenvalue weighted by atomic mass is 10.1. The van der Waals surface area contributed by atoms with Crippen LogP contribution in [0.15, 0.2) is 30.3 Å². The fourth-order valence-electron chi connectivity index (χ4n) is 3.74. The number of hydrogen-bond donors (Lipinski definition) is 0. The largest absolute Gasteiger partial charge is 0.477 e. The summed E-state index contributed by atoms with van der Waals surface area (Å²) < 4.78 is 43.7. The number of amides is 2. The molecule has 0 radical (unpaired) electrons. The lowest BCUT2D eigenvalue weighted by Gasteiger charge is -2.15. The molecule has 2 fully saturated rings. The van der Waals surface area contributed by atoms with E-state index in [2.05, 4.69) is 9.97 Å². The van der Waals surface area contributed by atoms with Gasteiger partial charge in [-0.1, -0.05) is 12.1 Å². The number of carbonyl (C=O) groups is 2. The Labute approximate surface area is 170 Å². The second-order valence-electron chi connectivity index (χ2n) is 8.03. The van der Waals surface area contributed by atoms with Gasteiger partial charge in [0.25, 0.3) is 11.8 Å². The second kappa shape index (κ2) is 6.78. The Morgan fingerprint density at radius 3 is 2.30 bits per heavy atom. The summed E-state index contributed by atoms with van der Waals surface area (Å²) in [5, 5.41) is 0. The van der Waals surface area contributed by atoms with Crippen molar-refractivity contribution in [3.05, 3.63) is 53.0 Å². The molecule has 9 heteroatoms. The Hall–Kier alpha value is -2.97. The van der Waals surface area contributed by atoms with Gasteiger partial charge in [-0.3, -0.25) is 14.5 Å². The summed E-state index contributed by atoms with van der Waals surface area (Å²) in [6.07, 6.45) is -2.29. The van der Waals surface area contributed by atoms with Gasteiger partial charge in [-0.25, -0.2) is 4.98 Å². The maximum absolute atomic E-state index is 12.7. The molecule has 0 saturated heterocycles. The van der Waals surface area contributed by atoms with E-state index in [0.29, 0.717) is 22.6 Å². The van der Waals surface area contributed by atoms with Crippen molar-refractivity contribution in [2.24, 2.45) is 11.8 Å². The number of carbonyl (C=O) groups excluding carboxylic acids is 2.